The smallest absolute Gasteiger partial charge is 0.173 e. The van der Waals surface area contributed by atoms with Gasteiger partial charge in [-0.05, 0) is 19.3 Å². The molecule has 2 fully saturated rings. The molecule has 0 aromatic rings. The van der Waals surface area contributed by atoms with Crippen LogP contribution in [0.2, 0.25) is 0 Å². The van der Waals surface area contributed by atoms with Crippen LogP contribution in [-0.2, 0) is 4.79 Å². The van der Waals surface area contributed by atoms with Gasteiger partial charge in [-0.25, -0.2) is 0 Å². The molecule has 3 rings (SSSR count). The average Bonchev–Trinajstić information content (AvgIpc) is 2.66. The highest BCUT2D eigenvalue weighted by Crippen LogP contribution is 2.75. The zero-order valence-corrected chi connectivity index (χ0v) is 9.08. The largest absolute Gasteiger partial charge is 0.386 e. The van der Waals surface area contributed by atoms with Crippen LogP contribution in [0, 0.1) is 11.3 Å². The highest BCUT2D eigenvalue weighted by molar-refractivity contribution is 6.23. The van der Waals surface area contributed by atoms with E-state index in [0.717, 1.165) is 5.57 Å². The summed E-state index contributed by atoms with van der Waals surface area (Å²) >= 11 is 0. The monoisotopic (exact) mass is 208 g/mol. The van der Waals surface area contributed by atoms with Crippen LogP contribution >= 0.6 is 0 Å². The molecule has 3 aliphatic rings. The number of carbonyl (C=O) groups excluding carboxylic acids is 1. The number of hydrogen-bond acceptors (Lipinski definition) is 3. The highest BCUT2D eigenvalue weighted by atomic mass is 16.4. The molecular formula is C12H16O3. The molecule has 3 aliphatic carbocycles. The molecule has 82 valence electrons. The van der Waals surface area contributed by atoms with Crippen molar-refractivity contribution in [3.05, 3.63) is 11.6 Å². The van der Waals surface area contributed by atoms with E-state index in [0.29, 0.717) is 19.3 Å². The second-order valence-electron chi connectivity index (χ2n) is 5.12. The second kappa shape index (κ2) is 2.20. The van der Waals surface area contributed by atoms with E-state index in [1.165, 1.54) is 0 Å². The Balaban J connectivity index is 2.20. The number of ketones is 1. The first-order valence-electron chi connectivity index (χ1n) is 5.70. The van der Waals surface area contributed by atoms with Gasteiger partial charge in [0.1, 0.15) is 11.2 Å². The predicted octanol–water partition coefficient (Wildman–Crippen LogP) is 0.798. The van der Waals surface area contributed by atoms with Gasteiger partial charge in [-0.15, -0.1) is 0 Å². The summed E-state index contributed by atoms with van der Waals surface area (Å²) in [6, 6.07) is 0. The molecule has 3 nitrogen and oxygen atoms in total. The molecule has 0 aromatic carbocycles. The minimum Gasteiger partial charge on any atom is -0.386 e. The summed E-state index contributed by atoms with van der Waals surface area (Å²) in [6.45, 7) is 3.72. The first kappa shape index (κ1) is 9.55. The van der Waals surface area contributed by atoms with Crippen LogP contribution in [0.15, 0.2) is 11.6 Å². The van der Waals surface area contributed by atoms with Crippen LogP contribution in [0.4, 0.5) is 0 Å². The molecule has 2 saturated carbocycles. The minimum atomic E-state index is -1.22. The Morgan fingerprint density at radius 1 is 1.40 bits per heavy atom. The number of carbonyl (C=O) groups is 1. The Labute approximate surface area is 88.8 Å². The number of Topliss-reactive ketones (excluding diaryl/α,β-unsaturated/α-hetero) is 1. The molecule has 0 amide bonds. The van der Waals surface area contributed by atoms with Gasteiger partial charge in [-0.3, -0.25) is 4.79 Å². The van der Waals surface area contributed by atoms with Crippen LogP contribution in [0.25, 0.3) is 0 Å². The van der Waals surface area contributed by atoms with Crippen LogP contribution in [-0.4, -0.2) is 27.2 Å². The van der Waals surface area contributed by atoms with Crippen molar-refractivity contribution in [2.24, 2.45) is 11.3 Å². The third-order valence-corrected chi connectivity index (χ3v) is 5.01. The third kappa shape index (κ3) is 0.625. The molecule has 0 radical (unpaired) electrons. The van der Waals surface area contributed by atoms with E-state index in [1.54, 1.807) is 0 Å². The molecule has 1 spiro atoms. The molecule has 4 atom stereocenters. The first-order valence-corrected chi connectivity index (χ1v) is 5.70. The van der Waals surface area contributed by atoms with Crippen molar-refractivity contribution >= 4 is 5.78 Å². The van der Waals surface area contributed by atoms with Crippen molar-refractivity contribution in [1.29, 1.82) is 0 Å². The van der Waals surface area contributed by atoms with Gasteiger partial charge in [0.15, 0.2) is 5.78 Å². The van der Waals surface area contributed by atoms with Gasteiger partial charge in [-0.1, -0.05) is 19.9 Å². The van der Waals surface area contributed by atoms with E-state index in [1.807, 2.05) is 19.9 Å². The van der Waals surface area contributed by atoms with Crippen molar-refractivity contribution in [2.45, 2.75) is 44.3 Å². The molecule has 2 N–H and O–H groups in total. The van der Waals surface area contributed by atoms with E-state index in [-0.39, 0.29) is 11.7 Å². The first-order chi connectivity index (χ1) is 6.98. The maximum absolute atomic E-state index is 11.7. The Morgan fingerprint density at radius 3 is 2.60 bits per heavy atom. The van der Waals surface area contributed by atoms with E-state index in [9.17, 15) is 15.0 Å². The number of fused-ring (bicyclic) bond motifs is 1. The summed E-state index contributed by atoms with van der Waals surface area (Å²) in [4.78, 5) is 11.7. The summed E-state index contributed by atoms with van der Waals surface area (Å²) in [5, 5.41) is 21.2. The van der Waals surface area contributed by atoms with Gasteiger partial charge in [0.2, 0.25) is 0 Å². The summed E-state index contributed by atoms with van der Waals surface area (Å²) in [5.74, 6) is 0.0348. The second-order valence-corrected chi connectivity index (χ2v) is 5.12. The van der Waals surface area contributed by atoms with Gasteiger partial charge < -0.3 is 10.2 Å². The molecule has 2 bridgehead atoms. The molecule has 0 heterocycles. The Kier molecular flexibility index (Phi) is 1.40. The maximum Gasteiger partial charge on any atom is 0.173 e. The van der Waals surface area contributed by atoms with Crippen LogP contribution < -0.4 is 0 Å². The lowest BCUT2D eigenvalue weighted by atomic mass is 9.71. The molecule has 0 aromatic heterocycles. The van der Waals surface area contributed by atoms with E-state index in [4.69, 9.17) is 0 Å². The van der Waals surface area contributed by atoms with Crippen LogP contribution in [0.5, 0.6) is 0 Å². The Bertz CT molecular complexity index is 400. The maximum atomic E-state index is 11.7. The molecule has 0 aliphatic heterocycles. The van der Waals surface area contributed by atoms with Gasteiger partial charge >= 0.3 is 0 Å². The van der Waals surface area contributed by atoms with Gasteiger partial charge in [0.25, 0.3) is 0 Å². The van der Waals surface area contributed by atoms with Gasteiger partial charge in [0.05, 0.1) is 5.41 Å². The topological polar surface area (TPSA) is 57.5 Å². The van der Waals surface area contributed by atoms with Crippen molar-refractivity contribution in [3.8, 4) is 0 Å². The molecule has 4 unspecified atom stereocenters. The SMILES string of the molecule is CCC1(O)C2C=C3C(=O)C3(C2)C1(O)CC. The quantitative estimate of drug-likeness (QED) is 0.705. The lowest BCUT2D eigenvalue weighted by Gasteiger charge is -2.43. The number of rotatable bonds is 2. The molecular weight excluding hydrogens is 192 g/mol. The zero-order chi connectivity index (χ0) is 11.1. The Morgan fingerprint density at radius 2 is 2.07 bits per heavy atom. The molecule has 3 heteroatoms. The summed E-state index contributed by atoms with van der Waals surface area (Å²) in [5.41, 5.74) is -2.25. The molecule has 15 heavy (non-hydrogen) atoms. The lowest BCUT2D eigenvalue weighted by Crippen LogP contribution is -2.57. The van der Waals surface area contributed by atoms with E-state index < -0.39 is 16.6 Å². The fourth-order valence-electron chi connectivity index (χ4n) is 4.05. The number of hydrogen-bond donors (Lipinski definition) is 2. The van der Waals surface area contributed by atoms with E-state index in [2.05, 4.69) is 0 Å². The van der Waals surface area contributed by atoms with Gasteiger partial charge in [0, 0.05) is 11.5 Å². The fraction of sp³-hybridized carbons (Fsp3) is 0.750. The van der Waals surface area contributed by atoms with Crippen molar-refractivity contribution < 1.29 is 15.0 Å². The van der Waals surface area contributed by atoms with Gasteiger partial charge in [-0.2, -0.15) is 0 Å². The molecule has 0 saturated heterocycles. The third-order valence-electron chi connectivity index (χ3n) is 5.01. The summed E-state index contributed by atoms with van der Waals surface area (Å²) < 4.78 is 0. The van der Waals surface area contributed by atoms with Crippen molar-refractivity contribution in [3.63, 3.8) is 0 Å². The fourth-order valence-corrected chi connectivity index (χ4v) is 4.05. The average molecular weight is 208 g/mol. The summed E-state index contributed by atoms with van der Waals surface area (Å²) in [7, 11) is 0. The normalized spacial score (nSPS) is 55.6. The standard InChI is InChI=1S/C12H16O3/c1-3-11(14)7-5-8-9(13)10(8,6-7)12(11,15)4-2/h5,7,14-15H,3-4,6H2,1-2H3. The van der Waals surface area contributed by atoms with E-state index >= 15 is 0 Å². The van der Waals surface area contributed by atoms with Crippen molar-refractivity contribution in [1.82, 2.24) is 0 Å². The Hall–Kier alpha value is -0.670. The van der Waals surface area contributed by atoms with Crippen molar-refractivity contribution in [2.75, 3.05) is 0 Å². The highest BCUT2D eigenvalue weighted by Gasteiger charge is 2.84. The van der Waals surface area contributed by atoms with Crippen LogP contribution in [0.1, 0.15) is 33.1 Å². The van der Waals surface area contributed by atoms with Crippen LogP contribution in [0.3, 0.4) is 0 Å². The number of aliphatic hydroxyl groups is 2. The lowest BCUT2D eigenvalue weighted by molar-refractivity contribution is -0.172. The minimum absolute atomic E-state index is 0.0276. The predicted molar refractivity (Wildman–Crippen MR) is 54.1 cm³/mol. The zero-order valence-electron chi connectivity index (χ0n) is 9.08. The summed E-state index contributed by atoms with van der Waals surface area (Å²) in [6.07, 6.45) is 3.45.